The molecular formula is C24H30F3N5O3S2. The van der Waals surface area contributed by atoms with Crippen molar-refractivity contribution in [2.45, 2.75) is 35.5 Å². The molecule has 3 aromatic rings. The molecule has 37 heavy (non-hydrogen) atoms. The summed E-state index contributed by atoms with van der Waals surface area (Å²) in [7, 11) is 0.143. The molecule has 13 heteroatoms. The molecule has 1 aromatic carbocycles. The Bertz CT molecular complexity index is 1290. The van der Waals surface area contributed by atoms with Crippen molar-refractivity contribution in [2.24, 2.45) is 7.05 Å². The van der Waals surface area contributed by atoms with Gasteiger partial charge in [-0.25, -0.2) is 13.4 Å². The van der Waals surface area contributed by atoms with Crippen LogP contribution in [0.2, 0.25) is 0 Å². The van der Waals surface area contributed by atoms with Gasteiger partial charge in [0.1, 0.15) is 4.21 Å². The lowest BCUT2D eigenvalue weighted by atomic mass is 9.95. The average Bonchev–Trinajstić information content (AvgIpc) is 3.51. The molecule has 4 rings (SSSR count). The van der Waals surface area contributed by atoms with Gasteiger partial charge in [-0.3, -0.25) is 4.90 Å². The van der Waals surface area contributed by atoms with E-state index in [1.807, 2.05) is 34.7 Å². The van der Waals surface area contributed by atoms with Crippen LogP contribution in [0.3, 0.4) is 0 Å². The fourth-order valence-corrected chi connectivity index (χ4v) is 7.08. The number of likely N-dealkylation sites (N-methyl/N-ethyl adjacent to an activating group) is 1. The van der Waals surface area contributed by atoms with Crippen LogP contribution < -0.4 is 4.90 Å². The molecule has 2 atom stereocenters. The van der Waals surface area contributed by atoms with E-state index in [-0.39, 0.29) is 28.9 Å². The van der Waals surface area contributed by atoms with Gasteiger partial charge < -0.3 is 14.6 Å². The smallest absolute Gasteiger partial charge is 0.376 e. The molecule has 2 unspecified atom stereocenters. The summed E-state index contributed by atoms with van der Waals surface area (Å²) >= 11 is 1.17. The maximum Gasteiger partial charge on any atom is 0.421 e. The molecule has 1 aliphatic heterocycles. The minimum Gasteiger partial charge on any atom is -0.376 e. The molecule has 0 spiro atoms. The summed E-state index contributed by atoms with van der Waals surface area (Å²) in [4.78, 5) is 8.41. The van der Waals surface area contributed by atoms with E-state index in [0.29, 0.717) is 25.3 Å². The number of aliphatic hydroxyl groups is 1. The highest BCUT2D eigenvalue weighted by Gasteiger charge is 2.51. The fourth-order valence-electron chi connectivity index (χ4n) is 4.47. The van der Waals surface area contributed by atoms with Crippen LogP contribution in [0.5, 0.6) is 0 Å². The maximum absolute atomic E-state index is 13.3. The van der Waals surface area contributed by atoms with Gasteiger partial charge in [0.05, 0.1) is 18.1 Å². The summed E-state index contributed by atoms with van der Waals surface area (Å²) in [5.74, 6) is 0. The van der Waals surface area contributed by atoms with Crippen LogP contribution in [0, 0.1) is 0 Å². The third kappa shape index (κ3) is 5.85. The van der Waals surface area contributed by atoms with Crippen LogP contribution in [0.4, 0.5) is 18.9 Å². The van der Waals surface area contributed by atoms with Crippen molar-refractivity contribution in [3.05, 3.63) is 65.6 Å². The summed E-state index contributed by atoms with van der Waals surface area (Å²) in [6.07, 6.45) is -1.19. The Morgan fingerprint density at radius 1 is 1.19 bits per heavy atom. The number of sulfonamides is 1. The zero-order chi connectivity index (χ0) is 27.0. The highest BCUT2D eigenvalue weighted by molar-refractivity contribution is 7.91. The van der Waals surface area contributed by atoms with Gasteiger partial charge in [0.25, 0.3) is 10.0 Å². The number of alkyl halides is 3. The predicted molar refractivity (Wildman–Crippen MR) is 136 cm³/mol. The maximum atomic E-state index is 13.3. The Balaban J connectivity index is 1.58. The van der Waals surface area contributed by atoms with E-state index in [9.17, 15) is 26.7 Å². The normalized spacial score (nSPS) is 19.4. The first-order chi connectivity index (χ1) is 17.3. The van der Waals surface area contributed by atoms with E-state index in [1.165, 1.54) is 27.8 Å². The van der Waals surface area contributed by atoms with E-state index >= 15 is 0 Å². The van der Waals surface area contributed by atoms with Crippen LogP contribution in [0.1, 0.15) is 18.2 Å². The zero-order valence-corrected chi connectivity index (χ0v) is 22.4. The summed E-state index contributed by atoms with van der Waals surface area (Å²) in [5, 5.41) is 11.7. The van der Waals surface area contributed by atoms with Crippen molar-refractivity contribution < 1.29 is 26.7 Å². The topological polar surface area (TPSA) is 81.9 Å². The van der Waals surface area contributed by atoms with Gasteiger partial charge in [0, 0.05) is 51.7 Å². The number of piperazine rings is 1. The molecule has 0 aliphatic carbocycles. The van der Waals surface area contributed by atoms with Crippen molar-refractivity contribution in [3.8, 4) is 0 Å². The number of imidazole rings is 1. The van der Waals surface area contributed by atoms with Gasteiger partial charge in [-0.05, 0) is 43.1 Å². The van der Waals surface area contributed by atoms with Crippen LogP contribution in [0.25, 0.3) is 0 Å². The average molecular weight is 558 g/mol. The SMILES string of the molecule is CN(Cc1cn(C)cn1)CC1CN(S(=O)(=O)c2cccs2)CCN1c1ccc(C(C)(O)C(F)(F)F)cc1. The number of benzene rings is 1. The van der Waals surface area contributed by atoms with Gasteiger partial charge >= 0.3 is 6.18 Å². The Kier molecular flexibility index (Phi) is 7.73. The van der Waals surface area contributed by atoms with Gasteiger partial charge in [0.2, 0.25) is 0 Å². The van der Waals surface area contributed by atoms with Crippen LogP contribution in [-0.2, 0) is 29.2 Å². The number of rotatable bonds is 8. The first-order valence-electron chi connectivity index (χ1n) is 11.6. The van der Waals surface area contributed by atoms with E-state index in [1.54, 1.807) is 36.0 Å². The molecule has 202 valence electrons. The van der Waals surface area contributed by atoms with Crippen molar-refractivity contribution >= 4 is 27.0 Å². The van der Waals surface area contributed by atoms with E-state index in [2.05, 4.69) is 4.98 Å². The van der Waals surface area contributed by atoms with E-state index in [0.717, 1.165) is 12.6 Å². The third-order valence-electron chi connectivity index (χ3n) is 6.56. The Hall–Kier alpha value is -2.45. The fraction of sp³-hybridized carbons (Fsp3) is 0.458. The van der Waals surface area contributed by atoms with Crippen LogP contribution >= 0.6 is 11.3 Å². The Morgan fingerprint density at radius 2 is 1.89 bits per heavy atom. The summed E-state index contributed by atoms with van der Waals surface area (Å²) < 4.78 is 69.9. The standard InChI is InChI=1S/C24H30F3N5O3S2/c1-23(33,24(25,26)27)18-6-8-20(9-7-18)32-11-10-31(37(34,35)22-5-4-12-36-22)16-21(32)15-29(2)13-19-14-30(3)17-28-19/h4-9,12,14,17,21,33H,10-11,13,15-16H2,1-3H3. The minimum atomic E-state index is -4.81. The summed E-state index contributed by atoms with van der Waals surface area (Å²) in [6, 6.07) is 8.64. The third-order valence-corrected chi connectivity index (χ3v) is 9.80. The number of anilines is 1. The number of hydrogen-bond donors (Lipinski definition) is 1. The number of hydrogen-bond acceptors (Lipinski definition) is 7. The van der Waals surface area contributed by atoms with E-state index in [4.69, 9.17) is 0 Å². The molecule has 8 nitrogen and oxygen atoms in total. The van der Waals surface area contributed by atoms with E-state index < -0.39 is 21.8 Å². The van der Waals surface area contributed by atoms with Gasteiger partial charge in [0.15, 0.2) is 5.60 Å². The number of thiophene rings is 1. The molecule has 0 saturated carbocycles. The Morgan fingerprint density at radius 3 is 2.46 bits per heavy atom. The predicted octanol–water partition coefficient (Wildman–Crippen LogP) is 3.26. The summed E-state index contributed by atoms with van der Waals surface area (Å²) in [5.41, 5.74) is -1.70. The quantitative estimate of drug-likeness (QED) is 0.458. The second kappa shape index (κ2) is 10.4. The van der Waals surface area contributed by atoms with Crippen molar-refractivity contribution in [1.82, 2.24) is 18.8 Å². The lowest BCUT2D eigenvalue weighted by Crippen LogP contribution is -2.58. The number of aryl methyl sites for hydroxylation is 1. The van der Waals surface area contributed by atoms with Gasteiger partial charge in [-0.2, -0.15) is 17.5 Å². The lowest BCUT2D eigenvalue weighted by molar-refractivity contribution is -0.258. The molecule has 1 fully saturated rings. The molecule has 3 heterocycles. The number of halogens is 3. The molecule has 1 saturated heterocycles. The molecule has 0 amide bonds. The monoisotopic (exact) mass is 557 g/mol. The highest BCUT2D eigenvalue weighted by Crippen LogP contribution is 2.39. The largest absolute Gasteiger partial charge is 0.421 e. The minimum absolute atomic E-state index is 0.217. The molecule has 0 radical (unpaired) electrons. The lowest BCUT2D eigenvalue weighted by Gasteiger charge is -2.43. The second-order valence-electron chi connectivity index (χ2n) is 9.49. The van der Waals surface area contributed by atoms with Crippen molar-refractivity contribution in [1.29, 1.82) is 0 Å². The first kappa shape index (κ1) is 27.6. The number of aromatic nitrogens is 2. The number of nitrogens with zero attached hydrogens (tertiary/aromatic N) is 5. The van der Waals surface area contributed by atoms with Crippen LogP contribution in [-0.4, -0.2) is 77.7 Å². The molecule has 1 aliphatic rings. The molecular weight excluding hydrogens is 527 g/mol. The van der Waals surface area contributed by atoms with Gasteiger partial charge in [-0.1, -0.05) is 18.2 Å². The van der Waals surface area contributed by atoms with Crippen LogP contribution in [0.15, 0.2) is 58.5 Å². The van der Waals surface area contributed by atoms with Gasteiger partial charge in [-0.15, -0.1) is 11.3 Å². The molecule has 1 N–H and O–H groups in total. The summed E-state index contributed by atoms with van der Waals surface area (Å²) in [6.45, 7) is 2.59. The molecule has 2 aromatic heterocycles. The van der Waals surface area contributed by atoms with Crippen molar-refractivity contribution in [3.63, 3.8) is 0 Å². The first-order valence-corrected chi connectivity index (χ1v) is 14.0. The Labute approximate surface area is 218 Å². The van der Waals surface area contributed by atoms with Crippen molar-refractivity contribution in [2.75, 3.05) is 38.1 Å². The molecule has 0 bridgehead atoms. The second-order valence-corrected chi connectivity index (χ2v) is 12.6. The zero-order valence-electron chi connectivity index (χ0n) is 20.8. The highest BCUT2D eigenvalue weighted by atomic mass is 32.2.